The van der Waals surface area contributed by atoms with Crippen LogP contribution in [0.3, 0.4) is 0 Å². The second-order valence-corrected chi connectivity index (χ2v) is 9.85. The number of nitrogens with zero attached hydrogens (tertiary/aromatic N) is 2. The number of hydrogen-bond donors (Lipinski definition) is 0. The summed E-state index contributed by atoms with van der Waals surface area (Å²) in [4.78, 5) is 5.13. The summed E-state index contributed by atoms with van der Waals surface area (Å²) >= 11 is 0. The Labute approximate surface area is 200 Å². The minimum absolute atomic E-state index is 0.506. The summed E-state index contributed by atoms with van der Waals surface area (Å²) in [7, 11) is 0. The highest BCUT2D eigenvalue weighted by molar-refractivity contribution is 5.51. The number of benzene rings is 1. The molecular formula is C30H52N2. The maximum atomic E-state index is 2.62. The summed E-state index contributed by atoms with van der Waals surface area (Å²) < 4.78 is 0. The second kappa shape index (κ2) is 18.0. The van der Waals surface area contributed by atoms with Crippen molar-refractivity contribution in [2.45, 2.75) is 136 Å². The van der Waals surface area contributed by atoms with Gasteiger partial charge in [-0.2, -0.15) is 0 Å². The predicted molar refractivity (Wildman–Crippen MR) is 143 cm³/mol. The summed E-state index contributed by atoms with van der Waals surface area (Å²) in [5.41, 5.74) is 1.34. The van der Waals surface area contributed by atoms with E-state index in [1.54, 1.807) is 0 Å². The van der Waals surface area contributed by atoms with Crippen molar-refractivity contribution >= 4 is 5.69 Å². The molecule has 0 saturated carbocycles. The summed E-state index contributed by atoms with van der Waals surface area (Å²) in [6.07, 6.45) is 30.3. The lowest BCUT2D eigenvalue weighted by Crippen LogP contribution is -2.39. The Morgan fingerprint density at radius 1 is 0.562 bits per heavy atom. The Hall–Kier alpha value is -1.44. The van der Waals surface area contributed by atoms with E-state index in [1.165, 1.54) is 128 Å². The molecule has 1 unspecified atom stereocenters. The van der Waals surface area contributed by atoms with E-state index >= 15 is 0 Å². The average Bonchev–Trinajstić information content (AvgIpc) is 3.23. The molecule has 0 saturated heterocycles. The van der Waals surface area contributed by atoms with Crippen LogP contribution in [0.5, 0.6) is 0 Å². The number of unbranched alkanes of at least 4 members (excludes halogenated alkanes) is 15. The third kappa shape index (κ3) is 10.9. The van der Waals surface area contributed by atoms with Crippen molar-refractivity contribution in [3.05, 3.63) is 42.7 Å². The van der Waals surface area contributed by atoms with Gasteiger partial charge in [-0.25, -0.2) is 0 Å². The first-order valence-electron chi connectivity index (χ1n) is 14.1. The standard InChI is InChI=1S/C30H52N2/c1-3-5-7-9-11-13-15-17-22-26-31-27-28-32(29-23-19-18-20-24-29)30(31)25-21-16-14-12-10-8-6-4-2/h18-20,23-24,27-28,30H,3-17,21-22,25-26H2,1-2H3. The first-order valence-corrected chi connectivity index (χ1v) is 14.1. The van der Waals surface area contributed by atoms with Crippen molar-refractivity contribution in [1.82, 2.24) is 4.90 Å². The van der Waals surface area contributed by atoms with E-state index in [0.717, 1.165) is 0 Å². The van der Waals surface area contributed by atoms with E-state index in [9.17, 15) is 0 Å². The fourth-order valence-corrected chi connectivity index (χ4v) is 4.97. The maximum Gasteiger partial charge on any atom is 0.105 e. The quantitative estimate of drug-likeness (QED) is 0.186. The van der Waals surface area contributed by atoms with E-state index < -0.39 is 0 Å². The van der Waals surface area contributed by atoms with Gasteiger partial charge in [0.15, 0.2) is 0 Å². The van der Waals surface area contributed by atoms with Crippen molar-refractivity contribution < 1.29 is 0 Å². The molecule has 0 spiro atoms. The van der Waals surface area contributed by atoms with Gasteiger partial charge in [-0.05, 0) is 31.4 Å². The molecule has 0 aliphatic carbocycles. The lowest BCUT2D eigenvalue weighted by atomic mass is 10.1. The smallest absolute Gasteiger partial charge is 0.105 e. The molecule has 32 heavy (non-hydrogen) atoms. The van der Waals surface area contributed by atoms with Crippen LogP contribution in [0.1, 0.15) is 129 Å². The molecule has 1 atom stereocenters. The average molecular weight is 441 g/mol. The van der Waals surface area contributed by atoms with Gasteiger partial charge in [0.25, 0.3) is 0 Å². The number of rotatable bonds is 20. The summed E-state index contributed by atoms with van der Waals surface area (Å²) in [5, 5.41) is 0. The molecule has 2 rings (SSSR count). The molecule has 0 bridgehead atoms. The van der Waals surface area contributed by atoms with Crippen LogP contribution in [0.25, 0.3) is 0 Å². The minimum atomic E-state index is 0.506. The van der Waals surface area contributed by atoms with Gasteiger partial charge in [0, 0.05) is 24.6 Å². The van der Waals surface area contributed by atoms with Gasteiger partial charge in [-0.1, -0.05) is 128 Å². The molecule has 1 aromatic rings. The first kappa shape index (κ1) is 26.8. The third-order valence-electron chi connectivity index (χ3n) is 7.01. The van der Waals surface area contributed by atoms with Crippen molar-refractivity contribution in [2.24, 2.45) is 0 Å². The van der Waals surface area contributed by atoms with E-state index in [1.807, 2.05) is 0 Å². The molecule has 0 aromatic heterocycles. The Morgan fingerprint density at radius 3 is 1.62 bits per heavy atom. The van der Waals surface area contributed by atoms with E-state index in [2.05, 4.69) is 66.4 Å². The fourth-order valence-electron chi connectivity index (χ4n) is 4.97. The van der Waals surface area contributed by atoms with E-state index in [4.69, 9.17) is 0 Å². The van der Waals surface area contributed by atoms with Crippen LogP contribution in [0.2, 0.25) is 0 Å². The van der Waals surface area contributed by atoms with Crippen molar-refractivity contribution in [3.8, 4) is 0 Å². The van der Waals surface area contributed by atoms with Crippen LogP contribution in [-0.4, -0.2) is 17.6 Å². The fraction of sp³-hybridized carbons (Fsp3) is 0.733. The van der Waals surface area contributed by atoms with Gasteiger partial charge < -0.3 is 9.80 Å². The van der Waals surface area contributed by atoms with Crippen LogP contribution < -0.4 is 4.90 Å². The van der Waals surface area contributed by atoms with Gasteiger partial charge in [0.1, 0.15) is 6.17 Å². The van der Waals surface area contributed by atoms with Gasteiger partial charge in [0.2, 0.25) is 0 Å². The summed E-state index contributed by atoms with van der Waals surface area (Å²) in [6.45, 7) is 5.81. The Kier molecular flexibility index (Phi) is 15.1. The monoisotopic (exact) mass is 440 g/mol. The van der Waals surface area contributed by atoms with Crippen molar-refractivity contribution in [2.75, 3.05) is 11.4 Å². The van der Waals surface area contributed by atoms with E-state index in [-0.39, 0.29) is 0 Å². The topological polar surface area (TPSA) is 6.48 Å². The maximum absolute atomic E-state index is 2.62. The lowest BCUT2D eigenvalue weighted by molar-refractivity contribution is 0.273. The zero-order chi connectivity index (χ0) is 22.7. The lowest BCUT2D eigenvalue weighted by Gasteiger charge is -2.33. The van der Waals surface area contributed by atoms with Crippen LogP contribution >= 0.6 is 0 Å². The van der Waals surface area contributed by atoms with Crippen LogP contribution in [0.15, 0.2) is 42.7 Å². The van der Waals surface area contributed by atoms with Crippen LogP contribution in [-0.2, 0) is 0 Å². The van der Waals surface area contributed by atoms with Gasteiger partial charge in [0.05, 0.1) is 0 Å². The summed E-state index contributed by atoms with van der Waals surface area (Å²) in [5.74, 6) is 0. The molecule has 1 aliphatic heterocycles. The molecule has 2 nitrogen and oxygen atoms in total. The Morgan fingerprint density at radius 2 is 1.06 bits per heavy atom. The van der Waals surface area contributed by atoms with Crippen molar-refractivity contribution in [3.63, 3.8) is 0 Å². The molecule has 2 heteroatoms. The largest absolute Gasteiger partial charge is 0.356 e. The van der Waals surface area contributed by atoms with Crippen molar-refractivity contribution in [1.29, 1.82) is 0 Å². The van der Waals surface area contributed by atoms with Gasteiger partial charge >= 0.3 is 0 Å². The zero-order valence-corrected chi connectivity index (χ0v) is 21.4. The highest BCUT2D eigenvalue weighted by Crippen LogP contribution is 2.28. The molecule has 0 N–H and O–H groups in total. The summed E-state index contributed by atoms with van der Waals surface area (Å²) in [6, 6.07) is 11.0. The zero-order valence-electron chi connectivity index (χ0n) is 21.4. The Balaban J connectivity index is 1.69. The minimum Gasteiger partial charge on any atom is -0.356 e. The number of anilines is 1. The second-order valence-electron chi connectivity index (χ2n) is 9.85. The molecule has 0 fully saturated rings. The van der Waals surface area contributed by atoms with E-state index in [0.29, 0.717) is 6.17 Å². The third-order valence-corrected chi connectivity index (χ3v) is 7.01. The molecule has 182 valence electrons. The molecule has 0 amide bonds. The molecule has 1 aliphatic rings. The number of para-hydroxylation sites is 1. The molecule has 0 radical (unpaired) electrons. The normalized spacial score (nSPS) is 15.8. The number of hydrogen-bond acceptors (Lipinski definition) is 2. The van der Waals surface area contributed by atoms with Gasteiger partial charge in [-0.3, -0.25) is 0 Å². The van der Waals surface area contributed by atoms with Gasteiger partial charge in [-0.15, -0.1) is 0 Å². The Bertz CT molecular complexity index is 567. The highest BCUT2D eigenvalue weighted by Gasteiger charge is 2.26. The highest BCUT2D eigenvalue weighted by atomic mass is 15.4. The van der Waals surface area contributed by atoms with Crippen LogP contribution in [0, 0.1) is 0 Å². The first-order chi connectivity index (χ1) is 15.9. The molecular weight excluding hydrogens is 388 g/mol. The molecule has 1 heterocycles. The molecule has 1 aromatic carbocycles. The SMILES string of the molecule is CCCCCCCCCCCN1C=CN(c2ccccc2)C1CCCCCCCCCC. The van der Waals surface area contributed by atoms with Crippen LogP contribution in [0.4, 0.5) is 5.69 Å². The predicted octanol–water partition coefficient (Wildman–Crippen LogP) is 9.67.